The van der Waals surface area contributed by atoms with Crippen LogP contribution in [0.1, 0.15) is 21.6 Å². The molecule has 0 atom stereocenters. The molecule has 0 aliphatic heterocycles. The Labute approximate surface area is 190 Å². The number of benzene rings is 3. The minimum absolute atomic E-state index is 0.263. The first-order chi connectivity index (χ1) is 16.2. The van der Waals surface area contributed by atoms with Gasteiger partial charge >= 0.3 is 0 Å². The second-order valence-electron chi connectivity index (χ2n) is 7.61. The van der Waals surface area contributed by atoms with Crippen LogP contribution in [-0.2, 0) is 13.1 Å². The van der Waals surface area contributed by atoms with Crippen LogP contribution in [0.4, 0.5) is 5.69 Å². The normalized spacial score (nSPS) is 10.8. The van der Waals surface area contributed by atoms with Gasteiger partial charge in [0.25, 0.3) is 5.91 Å². The van der Waals surface area contributed by atoms with Crippen molar-refractivity contribution in [1.82, 2.24) is 30.0 Å². The Balaban J connectivity index is 1.21. The number of nitrogens with one attached hydrogen (secondary N) is 1. The highest BCUT2D eigenvalue weighted by molar-refractivity contribution is 6.02. The second kappa shape index (κ2) is 9.27. The molecule has 2 heterocycles. The van der Waals surface area contributed by atoms with Crippen molar-refractivity contribution in [3.63, 3.8) is 0 Å². The quantitative estimate of drug-likeness (QED) is 0.419. The number of carbonyl (C=O) groups excluding carboxylic acids is 1. The number of amides is 1. The van der Waals surface area contributed by atoms with E-state index in [1.165, 1.54) is 0 Å². The fourth-order valence-corrected chi connectivity index (χ4v) is 3.45. The lowest BCUT2D eigenvalue weighted by Crippen LogP contribution is -2.12. The average molecular weight is 435 g/mol. The minimum atomic E-state index is -0.309. The zero-order valence-corrected chi connectivity index (χ0v) is 17.7. The van der Waals surface area contributed by atoms with Gasteiger partial charge in [-0.3, -0.25) is 4.79 Å². The van der Waals surface area contributed by atoms with Gasteiger partial charge in [0.1, 0.15) is 5.69 Å². The van der Waals surface area contributed by atoms with Crippen LogP contribution in [0.5, 0.6) is 0 Å². The molecule has 1 amide bonds. The summed E-state index contributed by atoms with van der Waals surface area (Å²) < 4.78 is 3.45. The van der Waals surface area contributed by atoms with E-state index in [9.17, 15) is 4.79 Å². The monoisotopic (exact) mass is 435 g/mol. The Morgan fingerprint density at radius 1 is 0.697 bits per heavy atom. The summed E-state index contributed by atoms with van der Waals surface area (Å²) in [5.41, 5.74) is 4.86. The van der Waals surface area contributed by atoms with Crippen molar-refractivity contribution in [3.05, 3.63) is 114 Å². The summed E-state index contributed by atoms with van der Waals surface area (Å²) in [7, 11) is 0. The van der Waals surface area contributed by atoms with E-state index in [0.29, 0.717) is 18.8 Å². The highest BCUT2D eigenvalue weighted by atomic mass is 16.2. The van der Waals surface area contributed by atoms with Crippen LogP contribution < -0.4 is 5.32 Å². The Hall–Kier alpha value is -4.59. The van der Waals surface area contributed by atoms with Gasteiger partial charge in [0.15, 0.2) is 5.69 Å². The largest absolute Gasteiger partial charge is 0.321 e. The minimum Gasteiger partial charge on any atom is -0.321 e. The molecule has 0 unspecified atom stereocenters. The third-order valence-electron chi connectivity index (χ3n) is 5.12. The van der Waals surface area contributed by atoms with Crippen LogP contribution in [0.25, 0.3) is 11.3 Å². The Kier molecular flexibility index (Phi) is 5.71. The van der Waals surface area contributed by atoms with E-state index in [0.717, 1.165) is 22.4 Å². The molecule has 0 aliphatic carbocycles. The van der Waals surface area contributed by atoms with Gasteiger partial charge in [-0.05, 0) is 23.3 Å². The predicted molar refractivity (Wildman–Crippen MR) is 125 cm³/mol. The Bertz CT molecular complexity index is 1340. The summed E-state index contributed by atoms with van der Waals surface area (Å²) in [6.07, 6.45) is 3.55. The molecule has 0 aliphatic rings. The Morgan fingerprint density at radius 2 is 1.27 bits per heavy atom. The maximum atomic E-state index is 12.6. The molecule has 33 heavy (non-hydrogen) atoms. The first-order valence-electron chi connectivity index (χ1n) is 10.5. The molecule has 0 saturated heterocycles. The SMILES string of the molecule is O=C(Nc1ccc(-c2cn(Cc3ccccc3)nn2)cc1)c1cn(Cc2ccccc2)nn1. The van der Waals surface area contributed by atoms with Gasteiger partial charge in [0, 0.05) is 11.3 Å². The van der Waals surface area contributed by atoms with Gasteiger partial charge in [-0.25, -0.2) is 9.36 Å². The molecule has 1 N–H and O–H groups in total. The number of aromatic nitrogens is 6. The average Bonchev–Trinajstić information content (AvgIpc) is 3.51. The van der Waals surface area contributed by atoms with Crippen LogP contribution in [0, 0.1) is 0 Å². The summed E-state index contributed by atoms with van der Waals surface area (Å²) in [5, 5.41) is 19.4. The predicted octanol–water partition coefficient (Wildman–Crippen LogP) is 3.89. The molecule has 0 radical (unpaired) electrons. The molecule has 5 aromatic rings. The van der Waals surface area contributed by atoms with Crippen molar-refractivity contribution in [2.75, 3.05) is 5.32 Å². The maximum Gasteiger partial charge on any atom is 0.277 e. The van der Waals surface area contributed by atoms with Crippen molar-refractivity contribution in [2.24, 2.45) is 0 Å². The third-order valence-corrected chi connectivity index (χ3v) is 5.12. The molecule has 0 bridgehead atoms. The van der Waals surface area contributed by atoms with E-state index in [-0.39, 0.29) is 11.6 Å². The molecule has 5 rings (SSSR count). The number of anilines is 1. The van der Waals surface area contributed by atoms with Crippen molar-refractivity contribution < 1.29 is 4.79 Å². The molecule has 0 spiro atoms. The fraction of sp³-hybridized carbons (Fsp3) is 0.0800. The zero-order valence-electron chi connectivity index (χ0n) is 17.7. The molecule has 8 heteroatoms. The summed E-state index contributed by atoms with van der Waals surface area (Å²) in [6.45, 7) is 1.22. The molecule has 0 fully saturated rings. The third kappa shape index (κ3) is 5.01. The number of rotatable bonds is 7. The first-order valence-corrected chi connectivity index (χ1v) is 10.5. The van der Waals surface area contributed by atoms with Crippen LogP contribution in [0.2, 0.25) is 0 Å². The molecule has 0 saturated carbocycles. The summed E-state index contributed by atoms with van der Waals surface area (Å²) in [6, 6.07) is 27.5. The highest BCUT2D eigenvalue weighted by Gasteiger charge is 2.12. The molecular formula is C25H21N7O. The molecule has 162 valence electrons. The first kappa shape index (κ1) is 20.3. The van der Waals surface area contributed by atoms with Gasteiger partial charge in [-0.15, -0.1) is 10.2 Å². The summed E-state index contributed by atoms with van der Waals surface area (Å²) in [5.74, 6) is -0.309. The van der Waals surface area contributed by atoms with Crippen molar-refractivity contribution in [3.8, 4) is 11.3 Å². The van der Waals surface area contributed by atoms with E-state index in [1.54, 1.807) is 15.6 Å². The smallest absolute Gasteiger partial charge is 0.277 e. The highest BCUT2D eigenvalue weighted by Crippen LogP contribution is 2.20. The second-order valence-corrected chi connectivity index (χ2v) is 7.61. The standard InChI is InChI=1S/C25H21N7O/c33-25(24-18-32(30-28-24)16-20-9-5-2-6-10-20)26-22-13-11-21(12-14-22)23-17-31(29-27-23)15-19-7-3-1-4-8-19/h1-14,17-18H,15-16H2,(H,26,33). The number of nitrogens with zero attached hydrogens (tertiary/aromatic N) is 6. The van der Waals surface area contributed by atoms with Gasteiger partial charge in [0.2, 0.25) is 0 Å². The van der Waals surface area contributed by atoms with Crippen molar-refractivity contribution in [1.29, 1.82) is 0 Å². The lowest BCUT2D eigenvalue weighted by Gasteiger charge is -2.04. The fourth-order valence-electron chi connectivity index (χ4n) is 3.45. The summed E-state index contributed by atoms with van der Waals surface area (Å²) in [4.78, 5) is 12.6. The van der Waals surface area contributed by atoms with Crippen LogP contribution in [0.15, 0.2) is 97.3 Å². The summed E-state index contributed by atoms with van der Waals surface area (Å²) >= 11 is 0. The molecule has 3 aromatic carbocycles. The number of hydrogen-bond donors (Lipinski definition) is 1. The van der Waals surface area contributed by atoms with Crippen LogP contribution in [0.3, 0.4) is 0 Å². The van der Waals surface area contributed by atoms with Crippen molar-refractivity contribution in [2.45, 2.75) is 13.1 Å². The van der Waals surface area contributed by atoms with Gasteiger partial charge in [0.05, 0.1) is 25.5 Å². The van der Waals surface area contributed by atoms with Crippen LogP contribution >= 0.6 is 0 Å². The number of carbonyl (C=O) groups is 1. The van der Waals surface area contributed by atoms with Gasteiger partial charge in [-0.2, -0.15) is 0 Å². The maximum absolute atomic E-state index is 12.6. The van der Waals surface area contributed by atoms with E-state index in [1.807, 2.05) is 79.0 Å². The van der Waals surface area contributed by atoms with Crippen molar-refractivity contribution >= 4 is 11.6 Å². The van der Waals surface area contributed by atoms with Gasteiger partial charge in [-0.1, -0.05) is 83.2 Å². The topological polar surface area (TPSA) is 90.5 Å². The Morgan fingerprint density at radius 3 is 1.91 bits per heavy atom. The lowest BCUT2D eigenvalue weighted by molar-refractivity contribution is 0.102. The number of hydrogen-bond acceptors (Lipinski definition) is 5. The van der Waals surface area contributed by atoms with Crippen LogP contribution in [-0.4, -0.2) is 35.9 Å². The van der Waals surface area contributed by atoms with E-state index in [4.69, 9.17) is 0 Å². The van der Waals surface area contributed by atoms with E-state index < -0.39 is 0 Å². The molecule has 8 nitrogen and oxygen atoms in total. The molecular weight excluding hydrogens is 414 g/mol. The van der Waals surface area contributed by atoms with Gasteiger partial charge < -0.3 is 5.32 Å². The lowest BCUT2D eigenvalue weighted by atomic mass is 10.1. The molecule has 2 aromatic heterocycles. The van der Waals surface area contributed by atoms with E-state index in [2.05, 4.69) is 38.1 Å². The van der Waals surface area contributed by atoms with E-state index >= 15 is 0 Å². The zero-order chi connectivity index (χ0) is 22.5.